The van der Waals surface area contributed by atoms with Crippen LogP contribution in [0, 0.1) is 0 Å². The summed E-state index contributed by atoms with van der Waals surface area (Å²) >= 11 is 0. The minimum absolute atomic E-state index is 0.0357. The molecule has 16 heavy (non-hydrogen) atoms. The van der Waals surface area contributed by atoms with Gasteiger partial charge in [-0.2, -0.15) is 0 Å². The molecule has 1 heterocycles. The fourth-order valence-electron chi connectivity index (χ4n) is 1.65. The average Bonchev–Trinajstić information content (AvgIpc) is 2.61. The van der Waals surface area contributed by atoms with E-state index in [4.69, 9.17) is 15.6 Å². The van der Waals surface area contributed by atoms with Crippen LogP contribution in [-0.2, 0) is 14.3 Å². The predicted octanol–water partition coefficient (Wildman–Crippen LogP) is -0.574. The summed E-state index contributed by atoms with van der Waals surface area (Å²) in [6.07, 6.45) is 0.272. The van der Waals surface area contributed by atoms with Crippen molar-refractivity contribution in [2.45, 2.75) is 31.4 Å². The molecule has 1 fully saturated rings. The topological polar surface area (TPSA) is 92.9 Å². The zero-order valence-corrected chi connectivity index (χ0v) is 9.82. The van der Waals surface area contributed by atoms with E-state index in [9.17, 15) is 9.59 Å². The molecule has 1 rings (SSSR count). The SMILES string of the molecule is COC(C)(C)C(=O)N1CCC(N)(C(=O)O)C1. The van der Waals surface area contributed by atoms with Gasteiger partial charge in [0.25, 0.3) is 5.91 Å². The van der Waals surface area contributed by atoms with Crippen LogP contribution < -0.4 is 5.73 Å². The molecule has 1 aliphatic heterocycles. The Balaban J connectivity index is 2.74. The molecule has 1 unspecified atom stereocenters. The number of amides is 1. The molecular weight excluding hydrogens is 212 g/mol. The molecule has 3 N–H and O–H groups in total. The molecule has 0 spiro atoms. The van der Waals surface area contributed by atoms with Crippen LogP contribution in [-0.4, -0.2) is 53.2 Å². The van der Waals surface area contributed by atoms with Crippen LogP contribution in [0.2, 0.25) is 0 Å². The second-order valence-corrected chi connectivity index (χ2v) is 4.65. The van der Waals surface area contributed by atoms with Crippen molar-refractivity contribution in [3.63, 3.8) is 0 Å². The first-order valence-corrected chi connectivity index (χ1v) is 5.10. The summed E-state index contributed by atoms with van der Waals surface area (Å²) < 4.78 is 5.06. The molecule has 0 radical (unpaired) electrons. The summed E-state index contributed by atoms with van der Waals surface area (Å²) in [5, 5.41) is 8.94. The van der Waals surface area contributed by atoms with Gasteiger partial charge >= 0.3 is 5.97 Å². The first-order valence-electron chi connectivity index (χ1n) is 5.10. The molecule has 0 saturated carbocycles. The molecule has 0 aliphatic carbocycles. The number of nitrogens with two attached hydrogens (primary N) is 1. The van der Waals surface area contributed by atoms with Gasteiger partial charge in [-0.1, -0.05) is 0 Å². The highest BCUT2D eigenvalue weighted by atomic mass is 16.5. The van der Waals surface area contributed by atoms with Gasteiger partial charge in [-0.3, -0.25) is 9.59 Å². The summed E-state index contributed by atoms with van der Waals surface area (Å²) in [5.41, 5.74) is 3.42. The zero-order valence-electron chi connectivity index (χ0n) is 9.82. The van der Waals surface area contributed by atoms with Gasteiger partial charge in [0, 0.05) is 20.2 Å². The van der Waals surface area contributed by atoms with E-state index in [1.807, 2.05) is 0 Å². The second-order valence-electron chi connectivity index (χ2n) is 4.65. The second kappa shape index (κ2) is 4.03. The monoisotopic (exact) mass is 230 g/mol. The van der Waals surface area contributed by atoms with Crippen molar-refractivity contribution in [1.29, 1.82) is 0 Å². The standard InChI is InChI=1S/C10H18N2O4/c1-9(2,16-3)7(13)12-5-4-10(11,6-12)8(14)15/h4-6,11H2,1-3H3,(H,14,15). The Morgan fingerprint density at radius 3 is 2.44 bits per heavy atom. The van der Waals surface area contributed by atoms with Crippen molar-refractivity contribution in [2.75, 3.05) is 20.2 Å². The lowest BCUT2D eigenvalue weighted by Gasteiger charge is -2.28. The van der Waals surface area contributed by atoms with Gasteiger partial charge in [0.05, 0.1) is 0 Å². The summed E-state index contributed by atoms with van der Waals surface area (Å²) in [5.74, 6) is -1.30. The number of likely N-dealkylation sites (tertiary alicyclic amines) is 1. The minimum Gasteiger partial charge on any atom is -0.480 e. The third-order valence-electron chi connectivity index (χ3n) is 3.04. The van der Waals surface area contributed by atoms with E-state index in [-0.39, 0.29) is 18.9 Å². The fraction of sp³-hybridized carbons (Fsp3) is 0.800. The number of carbonyl (C=O) groups excluding carboxylic acids is 1. The summed E-state index contributed by atoms with van der Waals surface area (Å²) in [6, 6.07) is 0. The summed E-state index contributed by atoms with van der Waals surface area (Å²) in [4.78, 5) is 24.3. The van der Waals surface area contributed by atoms with Crippen LogP contribution >= 0.6 is 0 Å². The van der Waals surface area contributed by atoms with Crippen molar-refractivity contribution in [2.24, 2.45) is 5.73 Å². The van der Waals surface area contributed by atoms with Gasteiger partial charge in [-0.15, -0.1) is 0 Å². The number of nitrogens with zero attached hydrogens (tertiary/aromatic N) is 1. The molecule has 0 bridgehead atoms. The maximum Gasteiger partial charge on any atom is 0.325 e. The van der Waals surface area contributed by atoms with Crippen LogP contribution in [0.3, 0.4) is 0 Å². The van der Waals surface area contributed by atoms with Crippen molar-refractivity contribution in [3.05, 3.63) is 0 Å². The third kappa shape index (κ3) is 2.17. The number of carboxylic acids is 1. The van der Waals surface area contributed by atoms with Crippen molar-refractivity contribution in [1.82, 2.24) is 4.90 Å². The average molecular weight is 230 g/mol. The molecule has 0 aromatic carbocycles. The third-order valence-corrected chi connectivity index (χ3v) is 3.04. The van der Waals surface area contributed by atoms with E-state index < -0.39 is 17.1 Å². The Morgan fingerprint density at radius 1 is 1.50 bits per heavy atom. The minimum atomic E-state index is -1.32. The highest BCUT2D eigenvalue weighted by Gasteiger charge is 2.45. The lowest BCUT2D eigenvalue weighted by atomic mass is 10.0. The Morgan fingerprint density at radius 2 is 2.06 bits per heavy atom. The molecule has 1 atom stereocenters. The van der Waals surface area contributed by atoms with E-state index in [0.29, 0.717) is 6.54 Å². The fourth-order valence-corrected chi connectivity index (χ4v) is 1.65. The van der Waals surface area contributed by atoms with Gasteiger partial charge < -0.3 is 20.5 Å². The van der Waals surface area contributed by atoms with Crippen LogP contribution in [0.4, 0.5) is 0 Å². The number of hydrogen-bond donors (Lipinski definition) is 2. The van der Waals surface area contributed by atoms with E-state index >= 15 is 0 Å². The van der Waals surface area contributed by atoms with Gasteiger partial charge in [0.2, 0.25) is 0 Å². The van der Waals surface area contributed by atoms with Crippen LogP contribution in [0.15, 0.2) is 0 Å². The van der Waals surface area contributed by atoms with E-state index in [0.717, 1.165) is 0 Å². The normalized spacial score (nSPS) is 25.9. The van der Waals surface area contributed by atoms with Crippen molar-refractivity contribution in [3.8, 4) is 0 Å². The van der Waals surface area contributed by atoms with E-state index in [1.54, 1.807) is 13.8 Å². The van der Waals surface area contributed by atoms with Gasteiger partial charge in [0.1, 0.15) is 11.1 Å². The summed E-state index contributed by atoms with van der Waals surface area (Å²) in [6.45, 7) is 3.68. The quantitative estimate of drug-likeness (QED) is 0.677. The molecule has 0 aromatic heterocycles. The number of rotatable bonds is 3. The maximum atomic E-state index is 12.0. The van der Waals surface area contributed by atoms with Crippen LogP contribution in [0.1, 0.15) is 20.3 Å². The Bertz CT molecular complexity index is 316. The largest absolute Gasteiger partial charge is 0.480 e. The molecule has 1 amide bonds. The highest BCUT2D eigenvalue weighted by molar-refractivity contribution is 5.87. The lowest BCUT2D eigenvalue weighted by Crippen LogP contribution is -2.53. The molecule has 6 nitrogen and oxygen atoms in total. The number of hydrogen-bond acceptors (Lipinski definition) is 4. The Hall–Kier alpha value is -1.14. The van der Waals surface area contributed by atoms with E-state index in [2.05, 4.69) is 0 Å². The van der Waals surface area contributed by atoms with E-state index in [1.165, 1.54) is 12.0 Å². The number of ether oxygens (including phenoxy) is 1. The van der Waals surface area contributed by atoms with Crippen LogP contribution in [0.25, 0.3) is 0 Å². The number of aliphatic carboxylic acids is 1. The molecule has 6 heteroatoms. The number of methoxy groups -OCH3 is 1. The number of carbonyl (C=O) groups is 2. The Labute approximate surface area is 94.3 Å². The van der Waals surface area contributed by atoms with Crippen molar-refractivity contribution >= 4 is 11.9 Å². The molecule has 1 saturated heterocycles. The smallest absolute Gasteiger partial charge is 0.325 e. The van der Waals surface area contributed by atoms with Gasteiger partial charge in [-0.05, 0) is 20.3 Å². The molecule has 92 valence electrons. The maximum absolute atomic E-state index is 12.0. The summed E-state index contributed by atoms with van der Waals surface area (Å²) in [7, 11) is 1.45. The zero-order chi connectivity index (χ0) is 12.6. The first-order chi connectivity index (χ1) is 7.23. The predicted molar refractivity (Wildman–Crippen MR) is 56.8 cm³/mol. The highest BCUT2D eigenvalue weighted by Crippen LogP contribution is 2.23. The van der Waals surface area contributed by atoms with Gasteiger partial charge in [0.15, 0.2) is 0 Å². The lowest BCUT2D eigenvalue weighted by molar-refractivity contribution is -0.150. The molecule has 0 aromatic rings. The Kier molecular flexibility index (Phi) is 3.25. The van der Waals surface area contributed by atoms with Gasteiger partial charge in [-0.25, -0.2) is 0 Å². The molecule has 1 aliphatic rings. The van der Waals surface area contributed by atoms with Crippen molar-refractivity contribution < 1.29 is 19.4 Å². The van der Waals surface area contributed by atoms with Crippen LogP contribution in [0.5, 0.6) is 0 Å². The first kappa shape index (κ1) is 12.9. The molecular formula is C10H18N2O4. The number of carboxylic acid groups (broad SMARTS) is 1.